The number of nitrogen functional groups attached to an aromatic ring is 1. The first-order chi connectivity index (χ1) is 8.06. The molecule has 1 aromatic carbocycles. The van der Waals surface area contributed by atoms with Crippen LogP contribution in [0.4, 0.5) is 11.4 Å². The van der Waals surface area contributed by atoms with Gasteiger partial charge in [-0.05, 0) is 44.2 Å². The van der Waals surface area contributed by atoms with Gasteiger partial charge in [-0.2, -0.15) is 11.8 Å². The molecular weight excluding hydrogens is 232 g/mol. The summed E-state index contributed by atoms with van der Waals surface area (Å²) < 4.78 is 0.425. The highest BCUT2D eigenvalue weighted by Gasteiger charge is 2.41. The highest BCUT2D eigenvalue weighted by Crippen LogP contribution is 2.47. The van der Waals surface area contributed by atoms with E-state index in [1.54, 1.807) is 6.07 Å². The molecule has 17 heavy (non-hydrogen) atoms. The number of carbonyl (C=O) groups excluding carboxylic acids is 1. The summed E-state index contributed by atoms with van der Waals surface area (Å²) in [6.45, 7) is 2.50. The number of hydrogen-bond acceptors (Lipinski definition) is 4. The van der Waals surface area contributed by atoms with Gasteiger partial charge in [-0.25, -0.2) is 0 Å². The van der Waals surface area contributed by atoms with E-state index in [-0.39, 0.29) is 5.78 Å². The second-order valence-corrected chi connectivity index (χ2v) is 5.87. The first-order valence-electron chi connectivity index (χ1n) is 5.76. The number of anilines is 2. The summed E-state index contributed by atoms with van der Waals surface area (Å²) in [7, 11) is 0. The van der Waals surface area contributed by atoms with Gasteiger partial charge < -0.3 is 11.1 Å². The van der Waals surface area contributed by atoms with E-state index in [1.165, 1.54) is 19.8 Å². The Morgan fingerprint density at radius 1 is 1.53 bits per heavy atom. The van der Waals surface area contributed by atoms with Crippen molar-refractivity contribution in [2.75, 3.05) is 23.9 Å². The van der Waals surface area contributed by atoms with Crippen LogP contribution in [-0.2, 0) is 0 Å². The van der Waals surface area contributed by atoms with Crippen LogP contribution < -0.4 is 11.1 Å². The summed E-state index contributed by atoms with van der Waals surface area (Å²) >= 11 is 1.92. The van der Waals surface area contributed by atoms with E-state index in [4.69, 9.17) is 5.73 Å². The third-order valence-corrected chi connectivity index (χ3v) is 4.70. The molecule has 0 saturated heterocycles. The van der Waals surface area contributed by atoms with Crippen molar-refractivity contribution in [3.8, 4) is 0 Å². The predicted octanol–water partition coefficient (Wildman–Crippen LogP) is 2.78. The van der Waals surface area contributed by atoms with Crippen molar-refractivity contribution in [2.24, 2.45) is 0 Å². The molecule has 0 amide bonds. The predicted molar refractivity (Wildman–Crippen MR) is 74.8 cm³/mol. The minimum absolute atomic E-state index is 0.0110. The number of thioether (sulfide) groups is 1. The molecular formula is C13H18N2OS. The van der Waals surface area contributed by atoms with Crippen molar-refractivity contribution in [3.63, 3.8) is 0 Å². The molecule has 0 spiro atoms. The van der Waals surface area contributed by atoms with Gasteiger partial charge in [0.1, 0.15) is 0 Å². The molecule has 0 aliphatic heterocycles. The van der Waals surface area contributed by atoms with Crippen LogP contribution >= 0.6 is 11.8 Å². The summed E-state index contributed by atoms with van der Waals surface area (Å²) in [4.78, 5) is 11.2. The van der Waals surface area contributed by atoms with Gasteiger partial charge in [0.05, 0.1) is 0 Å². The fraction of sp³-hybridized carbons (Fsp3) is 0.462. The minimum atomic E-state index is 0.0110. The van der Waals surface area contributed by atoms with Crippen LogP contribution in [0.2, 0.25) is 0 Å². The Morgan fingerprint density at radius 3 is 2.71 bits per heavy atom. The van der Waals surface area contributed by atoms with E-state index in [0.29, 0.717) is 16.0 Å². The molecule has 0 atom stereocenters. The lowest BCUT2D eigenvalue weighted by Gasteiger charge is -2.15. The Hall–Kier alpha value is -1.16. The van der Waals surface area contributed by atoms with Gasteiger partial charge in [-0.3, -0.25) is 4.79 Å². The molecule has 3 nitrogen and oxygen atoms in total. The number of Topliss-reactive ketones (excluding diaryl/α,β-unsaturated/α-hetero) is 1. The zero-order chi connectivity index (χ0) is 12.5. The van der Waals surface area contributed by atoms with Crippen LogP contribution in [0.1, 0.15) is 30.1 Å². The smallest absolute Gasteiger partial charge is 0.161 e. The zero-order valence-corrected chi connectivity index (χ0v) is 11.1. The number of nitrogens with two attached hydrogens (primary N) is 1. The van der Waals surface area contributed by atoms with Crippen LogP contribution in [0.5, 0.6) is 0 Å². The molecule has 0 unspecified atom stereocenters. The minimum Gasteiger partial charge on any atom is -0.398 e. The molecule has 1 aromatic rings. The van der Waals surface area contributed by atoms with Crippen LogP contribution in [0.3, 0.4) is 0 Å². The topological polar surface area (TPSA) is 55.1 Å². The second-order valence-electron chi connectivity index (χ2n) is 4.60. The van der Waals surface area contributed by atoms with Gasteiger partial charge in [0.2, 0.25) is 0 Å². The van der Waals surface area contributed by atoms with Crippen molar-refractivity contribution in [1.82, 2.24) is 0 Å². The van der Waals surface area contributed by atoms with Gasteiger partial charge in [-0.1, -0.05) is 0 Å². The number of carbonyl (C=O) groups is 1. The maximum atomic E-state index is 11.2. The highest BCUT2D eigenvalue weighted by atomic mass is 32.2. The first-order valence-corrected chi connectivity index (χ1v) is 6.98. The lowest BCUT2D eigenvalue weighted by Crippen LogP contribution is -2.17. The largest absolute Gasteiger partial charge is 0.398 e. The highest BCUT2D eigenvalue weighted by molar-refractivity contribution is 8.00. The second kappa shape index (κ2) is 4.61. The molecule has 0 bridgehead atoms. The van der Waals surface area contributed by atoms with Crippen molar-refractivity contribution in [2.45, 2.75) is 24.5 Å². The SMILES string of the molecule is CSC1(CNc2ccc(C(C)=O)c(N)c2)CC1. The lowest BCUT2D eigenvalue weighted by atomic mass is 10.1. The summed E-state index contributed by atoms with van der Waals surface area (Å²) in [6.07, 6.45) is 4.71. The van der Waals surface area contributed by atoms with Gasteiger partial charge in [0, 0.05) is 28.2 Å². The molecule has 1 saturated carbocycles. The van der Waals surface area contributed by atoms with Crippen LogP contribution in [0, 0.1) is 0 Å². The van der Waals surface area contributed by atoms with Crippen molar-refractivity contribution < 1.29 is 4.79 Å². The molecule has 1 aliphatic carbocycles. The molecule has 0 radical (unpaired) electrons. The number of benzene rings is 1. The van der Waals surface area contributed by atoms with Crippen LogP contribution in [0.25, 0.3) is 0 Å². The average Bonchev–Trinajstić information content (AvgIpc) is 3.07. The van der Waals surface area contributed by atoms with E-state index in [1.807, 2.05) is 23.9 Å². The maximum absolute atomic E-state index is 11.2. The fourth-order valence-corrected chi connectivity index (χ4v) is 2.58. The van der Waals surface area contributed by atoms with E-state index in [9.17, 15) is 4.79 Å². The van der Waals surface area contributed by atoms with Gasteiger partial charge in [0.25, 0.3) is 0 Å². The van der Waals surface area contributed by atoms with Crippen molar-refractivity contribution in [1.29, 1.82) is 0 Å². The van der Waals surface area contributed by atoms with E-state index in [2.05, 4.69) is 11.6 Å². The average molecular weight is 250 g/mol. The quantitative estimate of drug-likeness (QED) is 0.623. The molecule has 2 rings (SSSR count). The summed E-state index contributed by atoms with van der Waals surface area (Å²) in [5.41, 5.74) is 7.99. The summed E-state index contributed by atoms with van der Waals surface area (Å²) in [5, 5.41) is 3.39. The molecule has 3 N–H and O–H groups in total. The third-order valence-electron chi connectivity index (χ3n) is 3.29. The lowest BCUT2D eigenvalue weighted by molar-refractivity contribution is 0.101. The Morgan fingerprint density at radius 2 is 2.24 bits per heavy atom. The molecule has 0 heterocycles. The normalized spacial score (nSPS) is 16.6. The van der Waals surface area contributed by atoms with Crippen molar-refractivity contribution in [3.05, 3.63) is 23.8 Å². The number of nitrogens with one attached hydrogen (secondary N) is 1. The standard InChI is InChI=1S/C13H18N2OS/c1-9(16)11-4-3-10(7-12(11)14)15-8-13(17-2)5-6-13/h3-4,7,15H,5-6,8,14H2,1-2H3. The van der Waals surface area contributed by atoms with Gasteiger partial charge in [-0.15, -0.1) is 0 Å². The first kappa shape index (κ1) is 12.3. The van der Waals surface area contributed by atoms with E-state index < -0.39 is 0 Å². The molecule has 1 aliphatic rings. The molecule has 92 valence electrons. The number of rotatable bonds is 5. The van der Waals surface area contributed by atoms with Gasteiger partial charge >= 0.3 is 0 Å². The summed E-state index contributed by atoms with van der Waals surface area (Å²) in [6, 6.07) is 5.55. The number of hydrogen-bond donors (Lipinski definition) is 2. The Bertz CT molecular complexity index is 441. The van der Waals surface area contributed by atoms with E-state index in [0.717, 1.165) is 12.2 Å². The van der Waals surface area contributed by atoms with E-state index >= 15 is 0 Å². The molecule has 0 aromatic heterocycles. The molecule has 4 heteroatoms. The number of ketones is 1. The Balaban J connectivity index is 2.03. The van der Waals surface area contributed by atoms with Crippen LogP contribution in [0.15, 0.2) is 18.2 Å². The summed E-state index contributed by atoms with van der Waals surface area (Å²) in [5.74, 6) is 0.0110. The molecule has 1 fully saturated rings. The Kier molecular flexibility index (Phi) is 3.33. The monoisotopic (exact) mass is 250 g/mol. The fourth-order valence-electron chi connectivity index (χ4n) is 1.85. The van der Waals surface area contributed by atoms with Gasteiger partial charge in [0.15, 0.2) is 5.78 Å². The third kappa shape index (κ3) is 2.75. The maximum Gasteiger partial charge on any atom is 0.161 e. The van der Waals surface area contributed by atoms with Crippen LogP contribution in [-0.4, -0.2) is 23.3 Å². The zero-order valence-electron chi connectivity index (χ0n) is 10.2. The van der Waals surface area contributed by atoms with Crippen molar-refractivity contribution >= 4 is 28.9 Å². The Labute approximate surface area is 106 Å².